The number of ether oxygens (including phenoxy) is 1. The number of carbonyl (C=O) groups is 1. The van der Waals surface area contributed by atoms with Crippen LogP contribution >= 0.6 is 11.8 Å². The van der Waals surface area contributed by atoms with Crippen LogP contribution in [-0.4, -0.2) is 36.3 Å². The fourth-order valence-corrected chi connectivity index (χ4v) is 5.03. The molecule has 3 aliphatic carbocycles. The van der Waals surface area contributed by atoms with Gasteiger partial charge >= 0.3 is 5.97 Å². The quantitative estimate of drug-likeness (QED) is 0.779. The maximum absolute atomic E-state index is 11.1. The molecule has 0 aromatic rings. The number of hydrogen-bond donors (Lipinski definition) is 1. The molecule has 1 N–H and O–H groups in total. The fraction of sp³-hybridized carbons (Fsp3) is 0.929. The van der Waals surface area contributed by atoms with E-state index < -0.39 is 0 Å². The van der Waals surface area contributed by atoms with Gasteiger partial charge in [-0.25, -0.2) is 0 Å². The summed E-state index contributed by atoms with van der Waals surface area (Å²) in [5, 5.41) is 9.52. The Morgan fingerprint density at radius 1 is 1.44 bits per heavy atom. The number of thioether (sulfide) groups is 1. The maximum atomic E-state index is 11.1. The van der Waals surface area contributed by atoms with E-state index in [1.807, 2.05) is 0 Å². The Morgan fingerprint density at radius 3 is 2.72 bits per heavy atom. The highest BCUT2D eigenvalue weighted by Gasteiger charge is 2.57. The summed E-state index contributed by atoms with van der Waals surface area (Å²) in [5.41, 5.74) is 0.433. The number of aliphatic hydroxyl groups is 1. The number of carbonyl (C=O) groups excluding carboxylic acids is 1. The molecular formula is C14H24O3S. The van der Waals surface area contributed by atoms with Gasteiger partial charge in [-0.1, -0.05) is 13.8 Å². The number of hydrogen-bond acceptors (Lipinski definition) is 4. The van der Waals surface area contributed by atoms with Crippen LogP contribution in [0.2, 0.25) is 0 Å². The van der Waals surface area contributed by atoms with Crippen molar-refractivity contribution in [3.8, 4) is 0 Å². The summed E-state index contributed by atoms with van der Waals surface area (Å²) in [4.78, 5) is 11.1. The molecule has 4 heteroatoms. The van der Waals surface area contributed by atoms with Gasteiger partial charge in [0.05, 0.1) is 12.9 Å². The van der Waals surface area contributed by atoms with Gasteiger partial charge < -0.3 is 9.84 Å². The van der Waals surface area contributed by atoms with E-state index in [1.165, 1.54) is 13.5 Å². The SMILES string of the molecule is COC(=O)CSC[C@@H]1[C@@H](CO)C[C@H]2C[C@@H]1C2(C)C. The van der Waals surface area contributed by atoms with Crippen molar-refractivity contribution in [1.29, 1.82) is 0 Å². The normalized spacial score (nSPS) is 36.9. The highest BCUT2D eigenvalue weighted by Crippen LogP contribution is 2.63. The Bertz CT molecular complexity index is 316. The first-order chi connectivity index (χ1) is 8.50. The number of methoxy groups -OCH3 is 1. The molecule has 3 fully saturated rings. The molecule has 0 spiro atoms. The van der Waals surface area contributed by atoms with Crippen LogP contribution in [-0.2, 0) is 9.53 Å². The smallest absolute Gasteiger partial charge is 0.315 e. The zero-order chi connectivity index (χ0) is 13.3. The Balaban J connectivity index is 1.89. The number of rotatable bonds is 5. The highest BCUT2D eigenvalue weighted by molar-refractivity contribution is 7.99. The van der Waals surface area contributed by atoms with E-state index in [1.54, 1.807) is 11.8 Å². The van der Waals surface area contributed by atoms with Gasteiger partial charge in [0.2, 0.25) is 0 Å². The van der Waals surface area contributed by atoms with Crippen LogP contribution in [0.4, 0.5) is 0 Å². The molecular weight excluding hydrogens is 248 g/mol. The average molecular weight is 272 g/mol. The van der Waals surface area contributed by atoms with Crippen molar-refractivity contribution in [2.75, 3.05) is 25.2 Å². The van der Waals surface area contributed by atoms with E-state index >= 15 is 0 Å². The summed E-state index contributed by atoms with van der Waals surface area (Å²) in [6.45, 7) is 5.02. The zero-order valence-electron chi connectivity index (χ0n) is 11.5. The van der Waals surface area contributed by atoms with Crippen LogP contribution in [0, 0.1) is 29.1 Å². The monoisotopic (exact) mass is 272 g/mol. The lowest BCUT2D eigenvalue weighted by atomic mass is 9.43. The van der Waals surface area contributed by atoms with Crippen molar-refractivity contribution in [1.82, 2.24) is 0 Å². The molecule has 3 saturated carbocycles. The summed E-state index contributed by atoms with van der Waals surface area (Å²) in [6, 6.07) is 0. The molecule has 0 aliphatic heterocycles. The van der Waals surface area contributed by atoms with Gasteiger partial charge in [0.15, 0.2) is 0 Å². The van der Waals surface area contributed by atoms with Crippen molar-refractivity contribution in [2.45, 2.75) is 26.7 Å². The Hall–Kier alpha value is -0.220. The lowest BCUT2D eigenvalue weighted by molar-refractivity contribution is -0.137. The molecule has 2 bridgehead atoms. The van der Waals surface area contributed by atoms with Crippen LogP contribution in [0.15, 0.2) is 0 Å². The van der Waals surface area contributed by atoms with Crippen LogP contribution in [0.1, 0.15) is 26.7 Å². The predicted octanol–water partition coefficient (Wildman–Crippen LogP) is 2.18. The van der Waals surface area contributed by atoms with Gasteiger partial charge in [0.1, 0.15) is 0 Å². The van der Waals surface area contributed by atoms with E-state index in [-0.39, 0.29) is 5.97 Å². The minimum atomic E-state index is -0.151. The van der Waals surface area contributed by atoms with Crippen molar-refractivity contribution in [3.05, 3.63) is 0 Å². The standard InChI is InChI=1S/C14H24O3S/c1-14(2)10-4-9(6-15)11(12(14)5-10)7-18-8-13(16)17-3/h9-12,15H,4-8H2,1-3H3/t9-,10+,11-,12+/m1/s1. The van der Waals surface area contributed by atoms with Crippen LogP contribution in [0.5, 0.6) is 0 Å². The van der Waals surface area contributed by atoms with Gasteiger partial charge in [-0.2, -0.15) is 0 Å². The number of aliphatic hydroxyl groups excluding tert-OH is 1. The minimum absolute atomic E-state index is 0.151. The largest absolute Gasteiger partial charge is 0.468 e. The van der Waals surface area contributed by atoms with Crippen molar-refractivity contribution in [2.24, 2.45) is 29.1 Å². The molecule has 0 radical (unpaired) electrons. The lowest BCUT2D eigenvalue weighted by Crippen LogP contribution is -2.57. The molecule has 0 aromatic carbocycles. The Morgan fingerprint density at radius 2 is 2.17 bits per heavy atom. The average Bonchev–Trinajstić information content (AvgIpc) is 2.37. The molecule has 3 aliphatic rings. The van der Waals surface area contributed by atoms with Gasteiger partial charge in [-0.15, -0.1) is 11.8 Å². The summed E-state index contributed by atoms with van der Waals surface area (Å²) >= 11 is 1.66. The van der Waals surface area contributed by atoms with E-state index in [2.05, 4.69) is 18.6 Å². The topological polar surface area (TPSA) is 46.5 Å². The second-order valence-corrected chi connectivity index (χ2v) is 7.32. The van der Waals surface area contributed by atoms with Crippen LogP contribution in [0.25, 0.3) is 0 Å². The van der Waals surface area contributed by atoms with E-state index in [0.29, 0.717) is 29.6 Å². The molecule has 3 nitrogen and oxygen atoms in total. The summed E-state index contributed by atoms with van der Waals surface area (Å²) in [7, 11) is 1.43. The van der Waals surface area contributed by atoms with Gasteiger partial charge in [0, 0.05) is 6.61 Å². The molecule has 0 aromatic heterocycles. The first-order valence-electron chi connectivity index (χ1n) is 6.76. The molecule has 0 amide bonds. The highest BCUT2D eigenvalue weighted by atomic mass is 32.2. The third-order valence-electron chi connectivity index (χ3n) is 5.25. The maximum Gasteiger partial charge on any atom is 0.315 e. The zero-order valence-corrected chi connectivity index (χ0v) is 12.3. The van der Waals surface area contributed by atoms with Crippen LogP contribution < -0.4 is 0 Å². The van der Waals surface area contributed by atoms with Crippen molar-refractivity contribution >= 4 is 17.7 Å². The molecule has 104 valence electrons. The number of esters is 1. The molecule has 0 heterocycles. The van der Waals surface area contributed by atoms with Gasteiger partial charge in [0.25, 0.3) is 0 Å². The number of fused-ring (bicyclic) bond motifs is 2. The molecule has 3 rings (SSSR count). The molecule has 18 heavy (non-hydrogen) atoms. The van der Waals surface area contributed by atoms with E-state index in [9.17, 15) is 9.90 Å². The summed E-state index contributed by atoms with van der Waals surface area (Å²) in [6.07, 6.45) is 2.47. The van der Waals surface area contributed by atoms with Gasteiger partial charge in [-0.3, -0.25) is 4.79 Å². The van der Waals surface area contributed by atoms with Crippen molar-refractivity contribution < 1.29 is 14.6 Å². The summed E-state index contributed by atoms with van der Waals surface area (Å²) < 4.78 is 4.66. The molecule has 4 atom stereocenters. The van der Waals surface area contributed by atoms with E-state index in [0.717, 1.165) is 24.0 Å². The van der Waals surface area contributed by atoms with Gasteiger partial charge in [-0.05, 0) is 47.7 Å². The van der Waals surface area contributed by atoms with Crippen molar-refractivity contribution in [3.63, 3.8) is 0 Å². The van der Waals surface area contributed by atoms with Crippen LogP contribution in [0.3, 0.4) is 0 Å². The minimum Gasteiger partial charge on any atom is -0.468 e. The van der Waals surface area contributed by atoms with E-state index in [4.69, 9.17) is 0 Å². The summed E-state index contributed by atoms with van der Waals surface area (Å²) in [5.74, 6) is 3.77. The molecule has 0 unspecified atom stereocenters. The first-order valence-corrected chi connectivity index (χ1v) is 7.91. The second-order valence-electron chi connectivity index (χ2n) is 6.29. The molecule has 0 saturated heterocycles. The lowest BCUT2D eigenvalue weighted by Gasteiger charge is -2.62. The Labute approximate surface area is 114 Å². The predicted molar refractivity (Wildman–Crippen MR) is 73.4 cm³/mol. The second kappa shape index (κ2) is 5.41. The third-order valence-corrected chi connectivity index (χ3v) is 6.31. The third kappa shape index (κ3) is 2.42. The fourth-order valence-electron chi connectivity index (χ4n) is 3.85. The Kier molecular flexibility index (Phi) is 4.27. The first kappa shape index (κ1) is 14.2.